The molecule has 0 radical (unpaired) electrons. The Balaban J connectivity index is 1.55. The summed E-state index contributed by atoms with van der Waals surface area (Å²) in [5, 5.41) is 0. The van der Waals surface area contributed by atoms with Crippen LogP contribution in [-0.4, -0.2) is 49.2 Å². The van der Waals surface area contributed by atoms with Gasteiger partial charge < -0.3 is 14.4 Å². The highest BCUT2D eigenvalue weighted by Crippen LogP contribution is 2.57. The molecule has 3 fully saturated rings. The summed E-state index contributed by atoms with van der Waals surface area (Å²) in [5.41, 5.74) is 0. The second-order valence-electron chi connectivity index (χ2n) is 6.12. The normalized spacial score (nSPS) is 37.5. The van der Waals surface area contributed by atoms with Crippen LogP contribution in [0.5, 0.6) is 0 Å². The van der Waals surface area contributed by atoms with Gasteiger partial charge in [0.1, 0.15) is 12.7 Å². The van der Waals surface area contributed by atoms with Gasteiger partial charge in [0.25, 0.3) is 0 Å². The minimum Gasteiger partial charge on any atom is -0.464 e. The zero-order chi connectivity index (χ0) is 14.3. The zero-order valence-electron chi connectivity index (χ0n) is 12.2. The van der Waals surface area contributed by atoms with Crippen LogP contribution in [0.4, 0.5) is 0 Å². The first-order valence-electron chi connectivity index (χ1n) is 7.75. The number of hydrogen-bond acceptors (Lipinski definition) is 5. The molecule has 0 aromatic rings. The zero-order valence-corrected chi connectivity index (χ0v) is 12.2. The van der Waals surface area contributed by atoms with Gasteiger partial charge >= 0.3 is 11.9 Å². The Morgan fingerprint density at radius 3 is 2.80 bits per heavy atom. The lowest BCUT2D eigenvalue weighted by molar-refractivity contribution is -0.156. The number of hydrogen-bond donors (Lipinski definition) is 0. The van der Waals surface area contributed by atoms with E-state index in [4.69, 9.17) is 9.47 Å². The molecular weight excluding hydrogens is 258 g/mol. The summed E-state index contributed by atoms with van der Waals surface area (Å²) in [5.74, 6) is -0.268. The third kappa shape index (κ3) is 2.12. The summed E-state index contributed by atoms with van der Waals surface area (Å²) >= 11 is 0. The lowest BCUT2D eigenvalue weighted by Crippen LogP contribution is -2.35. The summed E-state index contributed by atoms with van der Waals surface area (Å²) in [4.78, 5) is 26.3. The van der Waals surface area contributed by atoms with Gasteiger partial charge in [-0.05, 0) is 31.8 Å². The third-order valence-corrected chi connectivity index (χ3v) is 5.30. The number of carbonyl (C=O) groups excluding carboxylic acids is 2. The smallest absolute Gasteiger partial charge is 0.310 e. The van der Waals surface area contributed by atoms with Gasteiger partial charge in [-0.15, -0.1) is 0 Å². The van der Waals surface area contributed by atoms with Crippen LogP contribution in [0, 0.1) is 23.7 Å². The molecule has 0 aromatic heterocycles. The van der Waals surface area contributed by atoms with E-state index in [1.54, 1.807) is 0 Å². The highest BCUT2D eigenvalue weighted by Gasteiger charge is 2.64. The predicted octanol–water partition coefficient (Wildman–Crippen LogP) is 1.07. The van der Waals surface area contributed by atoms with E-state index in [2.05, 4.69) is 18.7 Å². The summed E-state index contributed by atoms with van der Waals surface area (Å²) in [7, 11) is 0. The van der Waals surface area contributed by atoms with E-state index in [0.717, 1.165) is 32.5 Å². The van der Waals surface area contributed by atoms with E-state index in [9.17, 15) is 9.59 Å². The van der Waals surface area contributed by atoms with Gasteiger partial charge in [-0.25, -0.2) is 0 Å². The highest BCUT2D eigenvalue weighted by atomic mass is 16.6. The molecule has 3 rings (SSSR count). The molecule has 0 spiro atoms. The van der Waals surface area contributed by atoms with Crippen molar-refractivity contribution in [3.63, 3.8) is 0 Å². The fourth-order valence-electron chi connectivity index (χ4n) is 4.24. The largest absolute Gasteiger partial charge is 0.464 e. The van der Waals surface area contributed by atoms with Crippen LogP contribution in [0.3, 0.4) is 0 Å². The molecule has 5 atom stereocenters. The number of likely N-dealkylation sites (N-methyl/N-ethyl adjacent to an activating group) is 1. The number of esters is 2. The monoisotopic (exact) mass is 281 g/mol. The second kappa shape index (κ2) is 5.35. The summed E-state index contributed by atoms with van der Waals surface area (Å²) in [6.45, 7) is 7.28. The number of nitrogens with zero attached hydrogens (tertiary/aromatic N) is 1. The number of carbonyl (C=O) groups is 2. The molecule has 112 valence electrons. The van der Waals surface area contributed by atoms with Crippen LogP contribution >= 0.6 is 0 Å². The van der Waals surface area contributed by atoms with E-state index < -0.39 is 0 Å². The summed E-state index contributed by atoms with van der Waals surface area (Å²) in [6, 6.07) is 0. The Morgan fingerprint density at radius 1 is 1.35 bits per heavy atom. The molecule has 3 aliphatic rings. The van der Waals surface area contributed by atoms with E-state index in [1.807, 2.05) is 0 Å². The number of fused-ring (bicyclic) bond motifs is 1. The molecule has 1 saturated heterocycles. The molecule has 2 bridgehead atoms. The number of rotatable bonds is 6. The van der Waals surface area contributed by atoms with Gasteiger partial charge in [-0.2, -0.15) is 0 Å². The van der Waals surface area contributed by atoms with E-state index in [1.165, 1.54) is 0 Å². The van der Waals surface area contributed by atoms with Crippen LogP contribution in [0.15, 0.2) is 0 Å². The van der Waals surface area contributed by atoms with Crippen LogP contribution in [0.25, 0.3) is 0 Å². The molecule has 2 saturated carbocycles. The molecule has 0 N–H and O–H groups in total. The summed E-state index contributed by atoms with van der Waals surface area (Å²) < 4.78 is 10.8. The minimum atomic E-state index is -0.247. The van der Waals surface area contributed by atoms with Gasteiger partial charge in [0.15, 0.2) is 0 Å². The maximum atomic E-state index is 12.3. The van der Waals surface area contributed by atoms with Crippen LogP contribution in [-0.2, 0) is 19.1 Å². The maximum Gasteiger partial charge on any atom is 0.310 e. The standard InChI is InChI=1S/C15H23NO4/c1-3-16(4-2)5-6-19-14(17)12-9-7-10-11(8-9)20-15(18)13(10)12/h9-13H,3-8H2,1-2H3. The second-order valence-corrected chi connectivity index (χ2v) is 6.12. The molecule has 5 nitrogen and oxygen atoms in total. The van der Waals surface area contributed by atoms with E-state index >= 15 is 0 Å². The van der Waals surface area contributed by atoms with Crippen molar-refractivity contribution in [2.24, 2.45) is 23.7 Å². The molecule has 1 aliphatic heterocycles. The van der Waals surface area contributed by atoms with Crippen molar-refractivity contribution in [2.45, 2.75) is 32.8 Å². The third-order valence-electron chi connectivity index (χ3n) is 5.30. The van der Waals surface area contributed by atoms with Crippen molar-refractivity contribution in [3.8, 4) is 0 Å². The van der Waals surface area contributed by atoms with Gasteiger partial charge in [0, 0.05) is 12.5 Å². The fraction of sp³-hybridized carbons (Fsp3) is 0.867. The van der Waals surface area contributed by atoms with Crippen molar-refractivity contribution in [2.75, 3.05) is 26.2 Å². The van der Waals surface area contributed by atoms with Gasteiger partial charge in [0.2, 0.25) is 0 Å². The highest BCUT2D eigenvalue weighted by molar-refractivity contribution is 5.85. The number of ether oxygens (including phenoxy) is 2. The summed E-state index contributed by atoms with van der Waals surface area (Å²) in [6.07, 6.45) is 1.89. The van der Waals surface area contributed by atoms with Crippen molar-refractivity contribution in [1.29, 1.82) is 0 Å². The van der Waals surface area contributed by atoms with Crippen molar-refractivity contribution < 1.29 is 19.1 Å². The predicted molar refractivity (Wildman–Crippen MR) is 71.8 cm³/mol. The SMILES string of the molecule is CCN(CC)CCOC(=O)C1C2CC3OC(=O)C1C3C2. The molecular formula is C15H23NO4. The average Bonchev–Trinajstić information content (AvgIpc) is 3.04. The fourth-order valence-corrected chi connectivity index (χ4v) is 4.24. The maximum absolute atomic E-state index is 12.3. The van der Waals surface area contributed by atoms with Crippen molar-refractivity contribution in [1.82, 2.24) is 4.90 Å². The molecule has 0 amide bonds. The first-order valence-corrected chi connectivity index (χ1v) is 7.75. The molecule has 5 unspecified atom stereocenters. The quantitative estimate of drug-likeness (QED) is 0.682. The Morgan fingerprint density at radius 2 is 2.10 bits per heavy atom. The molecule has 0 aromatic carbocycles. The first-order chi connectivity index (χ1) is 9.65. The Kier molecular flexibility index (Phi) is 3.71. The van der Waals surface area contributed by atoms with Crippen molar-refractivity contribution >= 4 is 11.9 Å². The molecule has 1 heterocycles. The molecule has 2 aliphatic carbocycles. The van der Waals surface area contributed by atoms with Crippen LogP contribution in [0.2, 0.25) is 0 Å². The Labute approximate surface area is 119 Å². The van der Waals surface area contributed by atoms with E-state index in [-0.39, 0.29) is 35.8 Å². The molecule has 20 heavy (non-hydrogen) atoms. The topological polar surface area (TPSA) is 55.8 Å². The average molecular weight is 281 g/mol. The molecule has 5 heteroatoms. The Bertz CT molecular complexity index is 405. The van der Waals surface area contributed by atoms with Crippen LogP contribution < -0.4 is 0 Å². The van der Waals surface area contributed by atoms with Gasteiger partial charge in [-0.3, -0.25) is 9.59 Å². The van der Waals surface area contributed by atoms with Crippen molar-refractivity contribution in [3.05, 3.63) is 0 Å². The van der Waals surface area contributed by atoms with E-state index in [0.29, 0.717) is 12.5 Å². The van der Waals surface area contributed by atoms with Gasteiger partial charge in [0.05, 0.1) is 11.8 Å². The Hall–Kier alpha value is -1.10. The minimum absolute atomic E-state index is 0.0808. The lowest BCUT2D eigenvalue weighted by atomic mass is 9.80. The van der Waals surface area contributed by atoms with Gasteiger partial charge in [-0.1, -0.05) is 13.8 Å². The first kappa shape index (κ1) is 13.9. The van der Waals surface area contributed by atoms with Crippen LogP contribution in [0.1, 0.15) is 26.7 Å². The lowest BCUT2D eigenvalue weighted by Gasteiger charge is -2.23.